The number of rotatable bonds is 6. The fourth-order valence-electron chi connectivity index (χ4n) is 3.53. The first-order valence-electron chi connectivity index (χ1n) is 7.57. The lowest BCUT2D eigenvalue weighted by Gasteiger charge is -2.61. The molecule has 0 aromatic carbocycles. The Kier molecular flexibility index (Phi) is 3.63. The fraction of sp³-hybridized carbons (Fsp3) is 0.800. The monoisotopic (exact) mass is 264 g/mol. The van der Waals surface area contributed by atoms with Crippen LogP contribution in [0.25, 0.3) is 0 Å². The largest absolute Gasteiger partial charge is 0.444 e. The maximum Gasteiger partial charge on any atom is 0.208 e. The average molecular weight is 264 g/mol. The molecule has 0 amide bonds. The third-order valence-electron chi connectivity index (χ3n) is 4.89. The second kappa shape index (κ2) is 5.25. The lowest BCUT2D eigenvalue weighted by molar-refractivity contribution is -0.173. The van der Waals surface area contributed by atoms with E-state index >= 15 is 0 Å². The molecule has 0 saturated heterocycles. The van der Waals surface area contributed by atoms with E-state index in [2.05, 4.69) is 24.1 Å². The van der Waals surface area contributed by atoms with Gasteiger partial charge in [0.1, 0.15) is 5.76 Å². The molecular formula is C15H24N2O2. The number of nitrogens with zero attached hydrogens (tertiary/aromatic N) is 1. The van der Waals surface area contributed by atoms with Gasteiger partial charge in [0, 0.05) is 24.5 Å². The molecule has 2 aliphatic rings. The molecule has 2 fully saturated rings. The number of aryl methyl sites for hydroxylation is 1. The van der Waals surface area contributed by atoms with Gasteiger partial charge < -0.3 is 14.5 Å². The molecule has 1 aromatic heterocycles. The zero-order chi connectivity index (χ0) is 13.3. The minimum absolute atomic E-state index is 0.413. The van der Waals surface area contributed by atoms with Crippen LogP contribution in [0.5, 0.6) is 0 Å². The van der Waals surface area contributed by atoms with Crippen molar-refractivity contribution in [3.63, 3.8) is 0 Å². The molecule has 2 unspecified atom stereocenters. The van der Waals surface area contributed by atoms with Gasteiger partial charge in [0.25, 0.3) is 0 Å². The molecule has 0 bridgehead atoms. The van der Waals surface area contributed by atoms with Gasteiger partial charge in [-0.25, -0.2) is 4.98 Å². The zero-order valence-electron chi connectivity index (χ0n) is 11.9. The van der Waals surface area contributed by atoms with Gasteiger partial charge in [-0.3, -0.25) is 0 Å². The fourth-order valence-corrected chi connectivity index (χ4v) is 3.53. The van der Waals surface area contributed by atoms with Gasteiger partial charge in [-0.05, 0) is 26.2 Å². The van der Waals surface area contributed by atoms with E-state index in [1.165, 1.54) is 19.3 Å². The summed E-state index contributed by atoms with van der Waals surface area (Å²) in [4.78, 5) is 4.30. The first kappa shape index (κ1) is 13.1. The molecule has 0 radical (unpaired) electrons. The number of nitrogens with one attached hydrogen (secondary N) is 1. The standard InChI is InChI=1S/C15H24N2O2/c1-3-11-9-17-14(19-11)10-16-12-8-13(18-4-2)15(12)6-5-7-15/h9,12-13,16H,3-8,10H2,1-2H3. The maximum atomic E-state index is 5.86. The van der Waals surface area contributed by atoms with Crippen LogP contribution in [0.4, 0.5) is 0 Å². The van der Waals surface area contributed by atoms with E-state index in [0.717, 1.165) is 37.6 Å². The van der Waals surface area contributed by atoms with Gasteiger partial charge in [0.05, 0.1) is 18.8 Å². The molecule has 4 heteroatoms. The van der Waals surface area contributed by atoms with Crippen molar-refractivity contribution in [3.8, 4) is 0 Å². The predicted molar refractivity (Wildman–Crippen MR) is 72.8 cm³/mol. The first-order chi connectivity index (χ1) is 9.28. The molecule has 1 N–H and O–H groups in total. The van der Waals surface area contributed by atoms with Crippen molar-refractivity contribution in [2.24, 2.45) is 5.41 Å². The van der Waals surface area contributed by atoms with Crippen molar-refractivity contribution in [2.75, 3.05) is 6.61 Å². The summed E-state index contributed by atoms with van der Waals surface area (Å²) in [5.41, 5.74) is 0.413. The Bertz CT molecular complexity index is 426. The van der Waals surface area contributed by atoms with Gasteiger partial charge in [0.2, 0.25) is 5.89 Å². The second-order valence-corrected chi connectivity index (χ2v) is 5.77. The number of aromatic nitrogens is 1. The number of hydrogen-bond acceptors (Lipinski definition) is 4. The summed E-state index contributed by atoms with van der Waals surface area (Å²) in [6.45, 7) is 5.75. The number of oxazole rings is 1. The molecule has 0 aliphatic heterocycles. The number of ether oxygens (including phenoxy) is 1. The highest BCUT2D eigenvalue weighted by Gasteiger charge is 2.58. The van der Waals surface area contributed by atoms with Gasteiger partial charge in [-0.2, -0.15) is 0 Å². The molecule has 2 atom stereocenters. The lowest BCUT2D eigenvalue weighted by Crippen LogP contribution is -2.66. The quantitative estimate of drug-likeness (QED) is 0.858. The Morgan fingerprint density at radius 1 is 1.47 bits per heavy atom. The summed E-state index contributed by atoms with van der Waals surface area (Å²) in [6, 6.07) is 0.578. The number of hydrogen-bond donors (Lipinski definition) is 1. The van der Waals surface area contributed by atoms with Crippen molar-refractivity contribution in [3.05, 3.63) is 17.8 Å². The highest BCUT2D eigenvalue weighted by molar-refractivity contribution is 5.12. The van der Waals surface area contributed by atoms with Crippen molar-refractivity contribution in [2.45, 2.75) is 64.6 Å². The van der Waals surface area contributed by atoms with E-state index in [9.17, 15) is 0 Å². The molecule has 1 spiro atoms. The van der Waals surface area contributed by atoms with Gasteiger partial charge in [0.15, 0.2) is 0 Å². The van der Waals surface area contributed by atoms with Crippen molar-refractivity contribution in [1.29, 1.82) is 0 Å². The van der Waals surface area contributed by atoms with Crippen molar-refractivity contribution < 1.29 is 9.15 Å². The molecular weight excluding hydrogens is 240 g/mol. The molecule has 106 valence electrons. The third kappa shape index (κ3) is 2.21. The molecule has 3 rings (SSSR count). The summed E-state index contributed by atoms with van der Waals surface area (Å²) < 4.78 is 11.5. The SMILES string of the molecule is CCOC1CC(NCc2ncc(CC)o2)C12CCC2. The zero-order valence-corrected chi connectivity index (χ0v) is 11.9. The Hall–Kier alpha value is -0.870. The molecule has 1 heterocycles. The third-order valence-corrected chi connectivity index (χ3v) is 4.89. The van der Waals surface area contributed by atoms with Crippen LogP contribution in [0, 0.1) is 5.41 Å². The minimum Gasteiger partial charge on any atom is -0.444 e. The second-order valence-electron chi connectivity index (χ2n) is 5.77. The lowest BCUT2D eigenvalue weighted by atomic mass is 9.51. The smallest absolute Gasteiger partial charge is 0.208 e. The molecule has 2 aliphatic carbocycles. The van der Waals surface area contributed by atoms with Crippen LogP contribution in [0.2, 0.25) is 0 Å². The van der Waals surface area contributed by atoms with Crippen molar-refractivity contribution in [1.82, 2.24) is 10.3 Å². The van der Waals surface area contributed by atoms with Crippen LogP contribution in [0.15, 0.2) is 10.6 Å². The highest BCUT2D eigenvalue weighted by atomic mass is 16.5. The van der Waals surface area contributed by atoms with E-state index in [0.29, 0.717) is 17.6 Å². The Morgan fingerprint density at radius 3 is 2.89 bits per heavy atom. The van der Waals surface area contributed by atoms with E-state index in [1.54, 1.807) is 0 Å². The average Bonchev–Trinajstić information content (AvgIpc) is 2.78. The van der Waals surface area contributed by atoms with E-state index in [-0.39, 0.29) is 0 Å². The maximum absolute atomic E-state index is 5.86. The van der Waals surface area contributed by atoms with Crippen LogP contribution in [-0.2, 0) is 17.7 Å². The summed E-state index contributed by atoms with van der Waals surface area (Å²) in [5.74, 6) is 1.78. The van der Waals surface area contributed by atoms with Crippen LogP contribution in [-0.4, -0.2) is 23.7 Å². The minimum atomic E-state index is 0.413. The Balaban J connectivity index is 1.53. The Morgan fingerprint density at radius 2 is 2.32 bits per heavy atom. The van der Waals surface area contributed by atoms with Crippen LogP contribution >= 0.6 is 0 Å². The van der Waals surface area contributed by atoms with Crippen LogP contribution in [0.1, 0.15) is 51.2 Å². The van der Waals surface area contributed by atoms with Gasteiger partial charge in [-0.15, -0.1) is 0 Å². The molecule has 2 saturated carbocycles. The summed E-state index contributed by atoms with van der Waals surface area (Å²) in [5, 5.41) is 3.62. The van der Waals surface area contributed by atoms with E-state index in [4.69, 9.17) is 9.15 Å². The molecule has 4 nitrogen and oxygen atoms in total. The van der Waals surface area contributed by atoms with E-state index in [1.807, 2.05) is 6.20 Å². The van der Waals surface area contributed by atoms with Crippen LogP contribution in [0.3, 0.4) is 0 Å². The highest BCUT2D eigenvalue weighted by Crippen LogP contribution is 2.57. The topological polar surface area (TPSA) is 47.3 Å². The summed E-state index contributed by atoms with van der Waals surface area (Å²) in [6.07, 6.45) is 8.31. The van der Waals surface area contributed by atoms with Crippen molar-refractivity contribution >= 4 is 0 Å². The Labute approximate surface area is 114 Å². The summed E-state index contributed by atoms with van der Waals surface area (Å²) in [7, 11) is 0. The van der Waals surface area contributed by atoms with E-state index < -0.39 is 0 Å². The molecule has 19 heavy (non-hydrogen) atoms. The first-order valence-corrected chi connectivity index (χ1v) is 7.57. The predicted octanol–water partition coefficient (Wildman–Crippen LogP) is 2.67. The summed E-state index contributed by atoms with van der Waals surface area (Å²) >= 11 is 0. The van der Waals surface area contributed by atoms with Gasteiger partial charge >= 0.3 is 0 Å². The molecule has 1 aromatic rings. The van der Waals surface area contributed by atoms with Gasteiger partial charge in [-0.1, -0.05) is 13.3 Å². The normalized spacial score (nSPS) is 28.1. The van der Waals surface area contributed by atoms with Crippen LogP contribution < -0.4 is 5.32 Å².